The van der Waals surface area contributed by atoms with Crippen LogP contribution in [0.3, 0.4) is 0 Å². The van der Waals surface area contributed by atoms with Gasteiger partial charge in [-0.3, -0.25) is 0 Å². The summed E-state index contributed by atoms with van der Waals surface area (Å²) in [5.41, 5.74) is 8.22. The van der Waals surface area contributed by atoms with Gasteiger partial charge < -0.3 is 4.90 Å². The standard InChI is InChI=1S/C37H41N2.F6P/c1-7-9-25-39-31-24-22-27-16-11-13-18-29(27)35(31)37(5,6)33(39)20-14-19-32-36(3,4)34-28-17-12-10-15-26(28)21-23-30(34)38(32)8-2;1-7(2,3,4,5)6/h10-24H,7-9,25H2,1-6H3;/q+1;-1. The van der Waals surface area contributed by atoms with Crippen molar-refractivity contribution < 1.29 is 29.8 Å². The van der Waals surface area contributed by atoms with Gasteiger partial charge in [-0.2, -0.15) is 4.58 Å². The third-order valence-electron chi connectivity index (χ3n) is 9.07. The molecule has 0 aromatic heterocycles. The first-order chi connectivity index (χ1) is 21.3. The zero-order chi connectivity index (χ0) is 33.8. The topological polar surface area (TPSA) is 6.25 Å². The zero-order valence-electron chi connectivity index (χ0n) is 27.1. The summed E-state index contributed by atoms with van der Waals surface area (Å²) in [6.07, 6.45) is 9.45. The van der Waals surface area contributed by atoms with E-state index >= 15 is 0 Å². The molecule has 9 heteroatoms. The number of unbranched alkanes of at least 4 members (excludes halogenated alkanes) is 1. The molecule has 0 bridgehead atoms. The monoisotopic (exact) mass is 658 g/mol. The number of likely N-dealkylation sites (N-methyl/N-ethyl adjacent to an activating group) is 1. The zero-order valence-corrected chi connectivity index (χ0v) is 28.0. The number of hydrogen-bond acceptors (Lipinski definition) is 1. The van der Waals surface area contributed by atoms with Crippen LogP contribution in [0.1, 0.15) is 65.5 Å². The Morgan fingerprint density at radius 1 is 0.717 bits per heavy atom. The van der Waals surface area contributed by atoms with Gasteiger partial charge in [-0.25, -0.2) is 0 Å². The number of fused-ring (bicyclic) bond motifs is 6. The van der Waals surface area contributed by atoms with Gasteiger partial charge in [0, 0.05) is 47.5 Å². The van der Waals surface area contributed by atoms with Crippen LogP contribution in [0.4, 0.5) is 36.6 Å². The molecule has 2 heterocycles. The number of allylic oxidation sites excluding steroid dienone is 4. The van der Waals surface area contributed by atoms with Crippen LogP contribution < -0.4 is 4.90 Å². The van der Waals surface area contributed by atoms with Gasteiger partial charge >= 0.3 is 33.0 Å². The number of hydrogen-bond donors (Lipinski definition) is 0. The third kappa shape index (κ3) is 6.73. The second kappa shape index (κ2) is 11.0. The van der Waals surface area contributed by atoms with Gasteiger partial charge in [0.25, 0.3) is 0 Å². The molecule has 0 radical (unpaired) electrons. The first kappa shape index (κ1) is 33.7. The van der Waals surface area contributed by atoms with Gasteiger partial charge in [0.1, 0.15) is 6.54 Å². The van der Waals surface area contributed by atoms with E-state index in [0.717, 1.165) is 13.1 Å². The molecule has 6 rings (SSSR count). The first-order valence-electron chi connectivity index (χ1n) is 15.7. The van der Waals surface area contributed by atoms with E-state index in [4.69, 9.17) is 0 Å². The van der Waals surface area contributed by atoms with Crippen LogP contribution in [0.2, 0.25) is 0 Å². The van der Waals surface area contributed by atoms with Crippen LogP contribution in [0, 0.1) is 0 Å². The molecule has 0 spiro atoms. The summed E-state index contributed by atoms with van der Waals surface area (Å²) in [5.74, 6) is 0. The first-order valence-corrected chi connectivity index (χ1v) is 17.7. The van der Waals surface area contributed by atoms with Gasteiger partial charge in [-0.15, -0.1) is 0 Å². The molecule has 0 aliphatic carbocycles. The molecule has 0 amide bonds. The van der Waals surface area contributed by atoms with Gasteiger partial charge in [0.2, 0.25) is 5.69 Å². The fourth-order valence-corrected chi connectivity index (χ4v) is 7.20. The van der Waals surface area contributed by atoms with Crippen molar-refractivity contribution in [3.63, 3.8) is 0 Å². The average molecular weight is 659 g/mol. The van der Waals surface area contributed by atoms with E-state index in [0.29, 0.717) is 0 Å². The summed E-state index contributed by atoms with van der Waals surface area (Å²) in [7, 11) is -10.7. The minimum atomic E-state index is -10.7. The van der Waals surface area contributed by atoms with Crippen LogP contribution in [-0.2, 0) is 10.8 Å². The Balaban J connectivity index is 0.000000537. The van der Waals surface area contributed by atoms with Crippen LogP contribution >= 0.6 is 7.81 Å². The van der Waals surface area contributed by atoms with E-state index in [2.05, 4.69) is 142 Å². The molecule has 0 saturated heterocycles. The molecule has 0 unspecified atom stereocenters. The summed E-state index contributed by atoms with van der Waals surface area (Å²) < 4.78 is 61.8. The number of anilines is 1. The Hall–Kier alpha value is -3.64. The SMILES string of the molecule is CCCC[N+]1=C(/C=C/C=C2\N(CC)c3ccc4ccccc4c3C2(C)C)C(C)(C)c2c1ccc1ccccc21.F[P-](F)(F)(F)(F)F. The van der Waals surface area contributed by atoms with Crippen molar-refractivity contribution in [2.24, 2.45) is 0 Å². The fraction of sp³-hybridized carbons (Fsp3) is 0.324. The Kier molecular flexibility index (Phi) is 8.04. The molecule has 4 aromatic carbocycles. The van der Waals surface area contributed by atoms with E-state index in [1.165, 1.54) is 68.3 Å². The quantitative estimate of drug-likeness (QED) is 0.114. The van der Waals surface area contributed by atoms with Crippen molar-refractivity contribution in [2.45, 2.75) is 65.2 Å². The average Bonchev–Trinajstić information content (AvgIpc) is 3.32. The Morgan fingerprint density at radius 2 is 1.26 bits per heavy atom. The van der Waals surface area contributed by atoms with Crippen molar-refractivity contribution in [3.8, 4) is 0 Å². The van der Waals surface area contributed by atoms with E-state index in [-0.39, 0.29) is 10.8 Å². The molecular formula is C37H41F6N2P. The van der Waals surface area contributed by atoms with Crippen LogP contribution in [0.15, 0.2) is 96.7 Å². The minimum absolute atomic E-state index is 0.0756. The predicted octanol–water partition coefficient (Wildman–Crippen LogP) is 12.8. The Bertz CT molecular complexity index is 1910. The van der Waals surface area contributed by atoms with Gasteiger partial charge in [0.05, 0.1) is 5.41 Å². The molecule has 4 aromatic rings. The van der Waals surface area contributed by atoms with Crippen molar-refractivity contribution in [3.05, 3.63) is 108 Å². The number of halogens is 6. The number of benzene rings is 4. The van der Waals surface area contributed by atoms with Gasteiger partial charge in [-0.1, -0.05) is 87.9 Å². The normalized spacial score (nSPS) is 19.3. The second-order valence-electron chi connectivity index (χ2n) is 13.1. The molecular weight excluding hydrogens is 617 g/mol. The number of rotatable bonds is 6. The van der Waals surface area contributed by atoms with Crippen LogP contribution in [0.5, 0.6) is 0 Å². The van der Waals surface area contributed by atoms with Gasteiger partial charge in [0.15, 0.2) is 5.71 Å². The van der Waals surface area contributed by atoms with E-state index in [1.54, 1.807) is 0 Å². The van der Waals surface area contributed by atoms with E-state index < -0.39 is 7.81 Å². The molecule has 246 valence electrons. The molecule has 2 nitrogen and oxygen atoms in total. The van der Waals surface area contributed by atoms with Crippen molar-refractivity contribution in [1.29, 1.82) is 0 Å². The van der Waals surface area contributed by atoms with Crippen molar-refractivity contribution >= 4 is 46.4 Å². The predicted molar refractivity (Wildman–Crippen MR) is 182 cm³/mol. The second-order valence-corrected chi connectivity index (χ2v) is 15.0. The summed E-state index contributed by atoms with van der Waals surface area (Å²) in [6.45, 7) is 16.1. The van der Waals surface area contributed by atoms with E-state index in [1.807, 2.05) is 0 Å². The summed E-state index contributed by atoms with van der Waals surface area (Å²) in [4.78, 5) is 2.51. The third-order valence-corrected chi connectivity index (χ3v) is 9.07. The summed E-state index contributed by atoms with van der Waals surface area (Å²) in [5, 5.41) is 5.38. The Morgan fingerprint density at radius 3 is 1.83 bits per heavy atom. The van der Waals surface area contributed by atoms with Gasteiger partial charge in [-0.05, 0) is 66.1 Å². The number of nitrogens with zero attached hydrogens (tertiary/aromatic N) is 2. The maximum atomic E-state index is 9.87. The molecule has 46 heavy (non-hydrogen) atoms. The van der Waals surface area contributed by atoms with Crippen molar-refractivity contribution in [2.75, 3.05) is 18.0 Å². The molecule has 0 N–H and O–H groups in total. The summed E-state index contributed by atoms with van der Waals surface area (Å²) >= 11 is 0. The molecule has 2 aliphatic rings. The molecule has 0 atom stereocenters. The Labute approximate surface area is 267 Å². The van der Waals surface area contributed by atoms with Crippen LogP contribution in [-0.4, -0.2) is 23.4 Å². The molecule has 0 saturated carbocycles. The molecule has 2 aliphatic heterocycles. The fourth-order valence-electron chi connectivity index (χ4n) is 7.20. The molecule has 0 fully saturated rings. The summed E-state index contributed by atoms with van der Waals surface area (Å²) in [6, 6.07) is 26.9. The maximum absolute atomic E-state index is 10.7. The van der Waals surface area contributed by atoms with Crippen molar-refractivity contribution in [1.82, 2.24) is 0 Å². The van der Waals surface area contributed by atoms with Crippen LogP contribution in [0.25, 0.3) is 21.5 Å². The van der Waals surface area contributed by atoms with E-state index in [9.17, 15) is 25.2 Å².